The minimum Gasteiger partial charge on any atom is -0.453 e. The number of hydrogen-bond donors (Lipinski definition) is 3. The Morgan fingerprint density at radius 3 is 2.27 bits per heavy atom. The first-order chi connectivity index (χ1) is 25.3. The molecular formula is C40H46N6O6. The van der Waals surface area contributed by atoms with E-state index in [1.54, 1.807) is 6.92 Å². The quantitative estimate of drug-likeness (QED) is 0.212. The number of nitrogens with zero attached hydrogens (tertiary/aromatic N) is 3. The molecule has 3 aliphatic rings. The van der Waals surface area contributed by atoms with E-state index in [1.807, 2.05) is 77.7 Å². The van der Waals surface area contributed by atoms with Crippen molar-refractivity contribution in [1.29, 1.82) is 0 Å². The van der Waals surface area contributed by atoms with Gasteiger partial charge in [-0.1, -0.05) is 36.4 Å². The molecule has 12 heteroatoms. The van der Waals surface area contributed by atoms with Crippen LogP contribution in [-0.2, 0) is 25.6 Å². The van der Waals surface area contributed by atoms with E-state index >= 15 is 0 Å². The summed E-state index contributed by atoms with van der Waals surface area (Å²) in [4.78, 5) is 52.0. The summed E-state index contributed by atoms with van der Waals surface area (Å²) < 4.78 is 16.4. The van der Waals surface area contributed by atoms with E-state index in [9.17, 15) is 14.4 Å². The minimum atomic E-state index is -1.10. The fourth-order valence-corrected chi connectivity index (χ4v) is 7.31. The Bertz CT molecular complexity index is 1870. The molecule has 0 radical (unpaired) electrons. The zero-order chi connectivity index (χ0) is 36.1. The molecule has 272 valence electrons. The molecule has 2 fully saturated rings. The van der Waals surface area contributed by atoms with Gasteiger partial charge in [-0.05, 0) is 86.6 Å². The van der Waals surface area contributed by atoms with Gasteiger partial charge < -0.3 is 39.6 Å². The molecule has 1 aromatic heterocycles. The van der Waals surface area contributed by atoms with Crippen LogP contribution in [-0.4, -0.2) is 84.9 Å². The summed E-state index contributed by atoms with van der Waals surface area (Å²) in [6, 6.07) is 23.4. The van der Waals surface area contributed by atoms with Crippen molar-refractivity contribution in [2.45, 2.75) is 57.2 Å². The molecule has 3 aliphatic heterocycles. The van der Waals surface area contributed by atoms with Crippen molar-refractivity contribution in [3.63, 3.8) is 0 Å². The molecule has 2 bridgehead atoms. The van der Waals surface area contributed by atoms with Crippen molar-refractivity contribution in [3.8, 4) is 22.4 Å². The maximum Gasteiger partial charge on any atom is 0.407 e. The summed E-state index contributed by atoms with van der Waals surface area (Å²) in [5.41, 5.74) is 5.93. The standard InChI is InChI=1S/C40H46N6O6/c1-40(44-39(49)50-2)19-3-4-23-52-26-33-35(43-36(42-33)34-6-5-20-46(34)38(40)48)29-11-7-27(8-12-29)28-9-13-30(14-10-28)37(47)41-31-15-17-32(18-16-31)45-21-24-51-25-22-45/h7-18,34H,3-6,19-26H2,1-2H3,(H,41,47)(H,42,43)(H,44,49)/t34-,40+/m0/s1. The lowest BCUT2D eigenvalue weighted by Gasteiger charge is -2.35. The fraction of sp³-hybridized carbons (Fsp3) is 0.400. The number of fused-ring (bicyclic) bond motifs is 4. The number of carbonyl (C=O) groups excluding carboxylic acids is 3. The minimum absolute atomic E-state index is 0.133. The zero-order valence-corrected chi connectivity index (χ0v) is 29.8. The smallest absolute Gasteiger partial charge is 0.407 e. The Morgan fingerprint density at radius 1 is 0.865 bits per heavy atom. The number of methoxy groups -OCH3 is 1. The number of rotatable bonds is 6. The normalized spacial score (nSPS) is 21.0. The zero-order valence-electron chi connectivity index (χ0n) is 29.8. The molecule has 0 saturated carbocycles. The fourth-order valence-electron chi connectivity index (χ4n) is 7.31. The Morgan fingerprint density at radius 2 is 1.56 bits per heavy atom. The average molecular weight is 707 g/mol. The van der Waals surface area contributed by atoms with Crippen LogP contribution >= 0.6 is 0 Å². The maximum atomic E-state index is 14.0. The van der Waals surface area contributed by atoms with Crippen LogP contribution in [0.3, 0.4) is 0 Å². The molecule has 2 saturated heterocycles. The van der Waals surface area contributed by atoms with Gasteiger partial charge in [-0.2, -0.15) is 0 Å². The Kier molecular flexibility index (Phi) is 10.6. The van der Waals surface area contributed by atoms with Crippen molar-refractivity contribution in [2.24, 2.45) is 0 Å². The highest BCUT2D eigenvalue weighted by Crippen LogP contribution is 2.36. The summed E-state index contributed by atoms with van der Waals surface area (Å²) in [5, 5.41) is 5.82. The van der Waals surface area contributed by atoms with Crippen molar-refractivity contribution in [1.82, 2.24) is 20.2 Å². The van der Waals surface area contributed by atoms with E-state index in [-0.39, 0.29) is 17.9 Å². The average Bonchev–Trinajstić information content (AvgIpc) is 3.84. The van der Waals surface area contributed by atoms with Gasteiger partial charge in [0.1, 0.15) is 11.4 Å². The predicted octanol–water partition coefficient (Wildman–Crippen LogP) is 6.31. The van der Waals surface area contributed by atoms with Gasteiger partial charge in [-0.25, -0.2) is 9.78 Å². The molecule has 0 aliphatic carbocycles. The first kappa shape index (κ1) is 35.2. The first-order valence-electron chi connectivity index (χ1n) is 18.1. The summed E-state index contributed by atoms with van der Waals surface area (Å²) in [7, 11) is 1.30. The Hall–Kier alpha value is -5.20. The lowest BCUT2D eigenvalue weighted by Crippen LogP contribution is -2.57. The monoisotopic (exact) mass is 706 g/mol. The molecular weight excluding hydrogens is 660 g/mol. The van der Waals surface area contributed by atoms with Crippen LogP contribution < -0.4 is 15.5 Å². The number of H-pyrrole nitrogens is 1. The number of benzene rings is 3. The van der Waals surface area contributed by atoms with E-state index in [0.29, 0.717) is 44.0 Å². The van der Waals surface area contributed by atoms with Gasteiger partial charge in [0.05, 0.1) is 44.4 Å². The van der Waals surface area contributed by atoms with Crippen LogP contribution in [0.15, 0.2) is 72.8 Å². The van der Waals surface area contributed by atoms with Gasteiger partial charge in [0.2, 0.25) is 5.91 Å². The van der Waals surface area contributed by atoms with Crippen molar-refractivity contribution in [3.05, 3.63) is 89.9 Å². The van der Waals surface area contributed by atoms with Crippen molar-refractivity contribution in [2.75, 3.05) is 56.8 Å². The number of ether oxygens (including phenoxy) is 3. The van der Waals surface area contributed by atoms with Crippen LogP contribution in [0.2, 0.25) is 0 Å². The van der Waals surface area contributed by atoms with Crippen LogP contribution in [0.1, 0.15) is 66.9 Å². The summed E-state index contributed by atoms with van der Waals surface area (Å²) >= 11 is 0. The molecule has 3 amide bonds. The number of morpholine rings is 1. The van der Waals surface area contributed by atoms with Gasteiger partial charge in [0.15, 0.2) is 0 Å². The Balaban J connectivity index is 1.05. The largest absolute Gasteiger partial charge is 0.453 e. The van der Waals surface area contributed by atoms with Crippen LogP contribution in [0.25, 0.3) is 22.4 Å². The van der Waals surface area contributed by atoms with Crippen molar-refractivity contribution < 1.29 is 28.6 Å². The third kappa shape index (κ3) is 7.68. The van der Waals surface area contributed by atoms with Crippen LogP contribution in [0.5, 0.6) is 0 Å². The molecule has 3 aromatic carbocycles. The van der Waals surface area contributed by atoms with E-state index < -0.39 is 11.6 Å². The number of carbonyl (C=O) groups is 3. The van der Waals surface area contributed by atoms with E-state index in [2.05, 4.69) is 20.5 Å². The summed E-state index contributed by atoms with van der Waals surface area (Å²) in [6.45, 7) is 6.42. The highest BCUT2D eigenvalue weighted by atomic mass is 16.5. The number of aromatic amines is 1. The molecule has 52 heavy (non-hydrogen) atoms. The van der Waals surface area contributed by atoms with Crippen molar-refractivity contribution >= 4 is 29.3 Å². The topological polar surface area (TPSA) is 138 Å². The highest BCUT2D eigenvalue weighted by molar-refractivity contribution is 6.04. The van der Waals surface area contributed by atoms with Gasteiger partial charge in [-0.3, -0.25) is 9.59 Å². The predicted molar refractivity (Wildman–Crippen MR) is 198 cm³/mol. The van der Waals surface area contributed by atoms with Gasteiger partial charge >= 0.3 is 6.09 Å². The first-order valence-corrected chi connectivity index (χ1v) is 18.1. The molecule has 0 spiro atoms. The molecule has 0 unspecified atom stereocenters. The molecule has 12 nitrogen and oxygen atoms in total. The highest BCUT2D eigenvalue weighted by Gasteiger charge is 2.43. The third-order valence-electron chi connectivity index (χ3n) is 10.3. The van der Waals surface area contributed by atoms with Gasteiger partial charge in [0.25, 0.3) is 5.91 Å². The molecule has 7 rings (SSSR count). The van der Waals surface area contributed by atoms with Crippen LogP contribution in [0.4, 0.5) is 16.2 Å². The molecule has 4 heterocycles. The summed E-state index contributed by atoms with van der Waals surface area (Å²) in [5.74, 6) is 0.416. The lowest BCUT2D eigenvalue weighted by atomic mass is 9.92. The van der Waals surface area contributed by atoms with Crippen LogP contribution in [0, 0.1) is 0 Å². The number of imidazole rings is 1. The van der Waals surface area contributed by atoms with E-state index in [1.165, 1.54) is 7.11 Å². The number of amides is 3. The number of hydrogen-bond acceptors (Lipinski definition) is 8. The van der Waals surface area contributed by atoms with Gasteiger partial charge in [-0.15, -0.1) is 0 Å². The second kappa shape index (κ2) is 15.6. The SMILES string of the molecule is COC(=O)N[C@]1(C)CCCCOCc2[nH]c(nc2-c2ccc(-c3ccc(C(=O)Nc4ccc(N5CCOCC5)cc4)cc3)cc2)[C@@H]2CCCN2C1=O. The number of alkyl carbamates (subject to hydrolysis) is 1. The third-order valence-corrected chi connectivity index (χ3v) is 10.3. The Labute approximate surface area is 303 Å². The lowest BCUT2D eigenvalue weighted by molar-refractivity contribution is -0.139. The molecule has 3 N–H and O–H groups in total. The molecule has 4 aromatic rings. The number of anilines is 2. The van der Waals surface area contributed by atoms with E-state index in [0.717, 1.165) is 85.0 Å². The number of aromatic nitrogens is 2. The summed E-state index contributed by atoms with van der Waals surface area (Å²) in [6.07, 6.45) is 2.91. The van der Waals surface area contributed by atoms with E-state index in [4.69, 9.17) is 19.2 Å². The maximum absolute atomic E-state index is 14.0. The second-order valence-electron chi connectivity index (χ2n) is 13.8. The second-order valence-corrected chi connectivity index (χ2v) is 13.8. The number of nitrogens with one attached hydrogen (secondary N) is 3. The molecule has 2 atom stereocenters. The van der Waals surface area contributed by atoms with Gasteiger partial charge in [0, 0.05) is 48.7 Å².